The van der Waals surface area contributed by atoms with Gasteiger partial charge in [0, 0.05) is 15.7 Å². The van der Waals surface area contributed by atoms with Gasteiger partial charge in [-0.25, -0.2) is 15.6 Å². The molecule has 0 bridgehead atoms. The second-order valence-corrected chi connectivity index (χ2v) is 5.28. The van der Waals surface area contributed by atoms with Gasteiger partial charge in [-0.3, -0.25) is 4.79 Å². The van der Waals surface area contributed by atoms with E-state index in [1.54, 1.807) is 6.92 Å². The van der Waals surface area contributed by atoms with E-state index in [4.69, 9.17) is 5.84 Å². The molecule has 2 amide bonds. The molecule has 2 rings (SSSR count). The Balaban J connectivity index is 2.51. The van der Waals surface area contributed by atoms with Gasteiger partial charge in [-0.1, -0.05) is 28.1 Å². The van der Waals surface area contributed by atoms with Gasteiger partial charge in [-0.15, -0.1) is 0 Å². The number of nitrogens with two attached hydrogens (primary N) is 1. The fourth-order valence-corrected chi connectivity index (χ4v) is 2.38. The normalized spacial score (nSPS) is 19.5. The van der Waals surface area contributed by atoms with Crippen molar-refractivity contribution in [3.63, 3.8) is 0 Å². The number of rotatable bonds is 2. The Labute approximate surface area is 119 Å². The van der Waals surface area contributed by atoms with Crippen molar-refractivity contribution >= 4 is 27.7 Å². The third-order valence-corrected chi connectivity index (χ3v) is 3.64. The van der Waals surface area contributed by atoms with Crippen LogP contribution in [0.15, 0.2) is 40.0 Å². The predicted octanol–water partition coefficient (Wildman–Crippen LogP) is 2.25. The summed E-state index contributed by atoms with van der Waals surface area (Å²) in [6.45, 7) is 3.14. The van der Waals surface area contributed by atoms with Crippen molar-refractivity contribution in [2.24, 2.45) is 5.84 Å². The van der Waals surface area contributed by atoms with Crippen LogP contribution in [-0.2, 0) is 4.79 Å². The van der Waals surface area contributed by atoms with Crippen LogP contribution in [0, 0.1) is 0 Å². The molecule has 1 aliphatic rings. The van der Waals surface area contributed by atoms with E-state index in [0.29, 0.717) is 11.3 Å². The Morgan fingerprint density at radius 3 is 2.47 bits per heavy atom. The summed E-state index contributed by atoms with van der Waals surface area (Å²) in [4.78, 5) is 23.6. The van der Waals surface area contributed by atoms with Crippen molar-refractivity contribution in [2.45, 2.75) is 19.9 Å². The maximum Gasteiger partial charge on any atom is 0.336 e. The summed E-state index contributed by atoms with van der Waals surface area (Å²) in [6.07, 6.45) is 0. The third kappa shape index (κ3) is 2.54. The monoisotopic (exact) mass is 323 g/mol. The van der Waals surface area contributed by atoms with Gasteiger partial charge in [-0.05, 0) is 31.5 Å². The lowest BCUT2D eigenvalue weighted by molar-refractivity contribution is -0.114. The van der Waals surface area contributed by atoms with Crippen LogP contribution in [0.4, 0.5) is 4.79 Å². The van der Waals surface area contributed by atoms with Gasteiger partial charge in [-0.2, -0.15) is 0 Å². The summed E-state index contributed by atoms with van der Waals surface area (Å²) in [5.74, 6) is 5.51. The SMILES string of the molecule is CC(=O)C1=C(C)N(N)C(=O)N[C@@H]1c1ccc(Br)cc1. The van der Waals surface area contributed by atoms with Crippen LogP contribution in [0.3, 0.4) is 0 Å². The summed E-state index contributed by atoms with van der Waals surface area (Å²) < 4.78 is 0.934. The number of urea groups is 1. The Morgan fingerprint density at radius 1 is 1.37 bits per heavy atom. The topological polar surface area (TPSA) is 75.4 Å². The van der Waals surface area contributed by atoms with Crippen LogP contribution in [-0.4, -0.2) is 16.8 Å². The molecular formula is C13H14BrN3O2. The maximum absolute atomic E-state index is 11.8. The number of hydrazine groups is 1. The van der Waals surface area contributed by atoms with Crippen molar-refractivity contribution in [1.29, 1.82) is 0 Å². The molecule has 5 nitrogen and oxygen atoms in total. The molecule has 0 fully saturated rings. The largest absolute Gasteiger partial charge is 0.336 e. The number of halogens is 1. The zero-order chi connectivity index (χ0) is 14.2. The zero-order valence-corrected chi connectivity index (χ0v) is 12.2. The lowest BCUT2D eigenvalue weighted by Crippen LogP contribution is -2.50. The molecule has 0 saturated carbocycles. The lowest BCUT2D eigenvalue weighted by atomic mass is 9.93. The summed E-state index contributed by atoms with van der Waals surface area (Å²) in [7, 11) is 0. The highest BCUT2D eigenvalue weighted by atomic mass is 79.9. The Hall–Kier alpha value is -1.66. The highest BCUT2D eigenvalue weighted by Crippen LogP contribution is 2.30. The molecule has 1 aliphatic heterocycles. The van der Waals surface area contributed by atoms with Gasteiger partial charge >= 0.3 is 6.03 Å². The molecule has 0 saturated heterocycles. The molecular weight excluding hydrogens is 310 g/mol. The maximum atomic E-state index is 11.8. The molecule has 19 heavy (non-hydrogen) atoms. The number of hydrogen-bond acceptors (Lipinski definition) is 3. The molecule has 0 aliphatic carbocycles. The predicted molar refractivity (Wildman–Crippen MR) is 74.8 cm³/mol. The highest BCUT2D eigenvalue weighted by Gasteiger charge is 2.32. The molecule has 1 aromatic carbocycles. The summed E-state index contributed by atoms with van der Waals surface area (Å²) in [6, 6.07) is 6.56. The standard InChI is InChI=1S/C13H14BrN3O2/c1-7-11(8(2)18)12(16-13(19)17(7)15)9-3-5-10(14)6-4-9/h3-6,12H,15H2,1-2H3,(H,16,19)/t12-/m1/s1. The summed E-state index contributed by atoms with van der Waals surface area (Å²) in [5, 5.41) is 3.70. The molecule has 1 heterocycles. The molecule has 0 aromatic heterocycles. The molecule has 1 atom stereocenters. The second kappa shape index (κ2) is 5.14. The third-order valence-electron chi connectivity index (χ3n) is 3.11. The fraction of sp³-hybridized carbons (Fsp3) is 0.231. The van der Waals surface area contributed by atoms with Crippen LogP contribution >= 0.6 is 15.9 Å². The molecule has 3 N–H and O–H groups in total. The summed E-state index contributed by atoms with van der Waals surface area (Å²) in [5.41, 5.74) is 1.82. The van der Waals surface area contributed by atoms with E-state index in [9.17, 15) is 9.59 Å². The van der Waals surface area contributed by atoms with Crippen molar-refractivity contribution in [2.75, 3.05) is 0 Å². The van der Waals surface area contributed by atoms with Gasteiger partial charge in [0.2, 0.25) is 0 Å². The molecule has 0 unspecified atom stereocenters. The van der Waals surface area contributed by atoms with E-state index in [-0.39, 0.29) is 5.78 Å². The molecule has 0 radical (unpaired) electrons. The van der Waals surface area contributed by atoms with E-state index in [0.717, 1.165) is 15.0 Å². The van der Waals surface area contributed by atoms with Crippen LogP contribution < -0.4 is 11.2 Å². The first-order valence-electron chi connectivity index (χ1n) is 5.74. The number of amides is 2. The van der Waals surface area contributed by atoms with Crippen molar-refractivity contribution < 1.29 is 9.59 Å². The smallest absolute Gasteiger partial charge is 0.325 e. The first kappa shape index (κ1) is 13.8. The lowest BCUT2D eigenvalue weighted by Gasteiger charge is -2.32. The zero-order valence-electron chi connectivity index (χ0n) is 10.6. The molecule has 1 aromatic rings. The van der Waals surface area contributed by atoms with Crippen LogP contribution in [0.25, 0.3) is 0 Å². The second-order valence-electron chi connectivity index (χ2n) is 4.36. The van der Waals surface area contributed by atoms with Gasteiger partial charge in [0.25, 0.3) is 0 Å². The highest BCUT2D eigenvalue weighted by molar-refractivity contribution is 9.10. The van der Waals surface area contributed by atoms with Crippen LogP contribution in [0.2, 0.25) is 0 Å². The Morgan fingerprint density at radius 2 is 1.95 bits per heavy atom. The number of carbonyl (C=O) groups is 2. The number of benzene rings is 1. The van der Waals surface area contributed by atoms with E-state index < -0.39 is 12.1 Å². The number of carbonyl (C=O) groups excluding carboxylic acids is 2. The van der Waals surface area contributed by atoms with E-state index in [1.807, 2.05) is 24.3 Å². The fourth-order valence-electron chi connectivity index (χ4n) is 2.12. The minimum Gasteiger partial charge on any atom is -0.325 e. The van der Waals surface area contributed by atoms with Crippen LogP contribution in [0.5, 0.6) is 0 Å². The quantitative estimate of drug-likeness (QED) is 0.647. The molecule has 100 valence electrons. The first-order valence-corrected chi connectivity index (χ1v) is 6.53. The first-order chi connectivity index (χ1) is 8.91. The van der Waals surface area contributed by atoms with Gasteiger partial charge in [0.15, 0.2) is 5.78 Å². The number of hydrogen-bond donors (Lipinski definition) is 2. The minimum absolute atomic E-state index is 0.110. The number of allylic oxidation sites excluding steroid dienone is 1. The average Bonchev–Trinajstić information content (AvgIpc) is 2.36. The van der Waals surface area contributed by atoms with Crippen molar-refractivity contribution in [1.82, 2.24) is 10.3 Å². The Bertz CT molecular complexity index is 566. The van der Waals surface area contributed by atoms with Gasteiger partial charge in [0.05, 0.1) is 6.04 Å². The number of ketones is 1. The summed E-state index contributed by atoms with van der Waals surface area (Å²) >= 11 is 3.35. The van der Waals surface area contributed by atoms with E-state index in [2.05, 4.69) is 21.2 Å². The van der Waals surface area contributed by atoms with Gasteiger partial charge in [0.1, 0.15) is 0 Å². The number of Topliss-reactive ketones (excluding diaryl/α,β-unsaturated/α-hetero) is 1. The average molecular weight is 324 g/mol. The number of nitrogens with zero attached hydrogens (tertiary/aromatic N) is 1. The number of nitrogens with one attached hydrogen (secondary N) is 1. The van der Waals surface area contributed by atoms with Crippen molar-refractivity contribution in [3.8, 4) is 0 Å². The minimum atomic E-state index is -0.460. The van der Waals surface area contributed by atoms with E-state index in [1.165, 1.54) is 6.92 Å². The molecule has 0 spiro atoms. The molecule has 6 heteroatoms. The van der Waals surface area contributed by atoms with Crippen LogP contribution in [0.1, 0.15) is 25.5 Å². The van der Waals surface area contributed by atoms with Gasteiger partial charge < -0.3 is 5.32 Å². The van der Waals surface area contributed by atoms with Crippen molar-refractivity contribution in [3.05, 3.63) is 45.6 Å². The Kier molecular flexibility index (Phi) is 3.73. The van der Waals surface area contributed by atoms with E-state index >= 15 is 0 Å².